The van der Waals surface area contributed by atoms with E-state index >= 15 is 0 Å². The Bertz CT molecular complexity index is 838. The van der Waals surface area contributed by atoms with Crippen LogP contribution >= 0.6 is 27.5 Å². The standard InChI is InChI=1S/C21H25BrClN3O/c1-5-25(4)14-24-20-11-15(3)17(12-19(20)23)21(27)26(6-2)13-16-9-7-8-10-18(16)22/h7-12,14H,5-6,13H2,1-4H3. The van der Waals surface area contributed by atoms with Gasteiger partial charge in [-0.3, -0.25) is 4.79 Å². The van der Waals surface area contributed by atoms with Gasteiger partial charge in [-0.2, -0.15) is 0 Å². The summed E-state index contributed by atoms with van der Waals surface area (Å²) in [6, 6.07) is 11.5. The van der Waals surface area contributed by atoms with E-state index in [2.05, 4.69) is 20.9 Å². The molecule has 0 aromatic heterocycles. The first-order valence-electron chi connectivity index (χ1n) is 8.94. The fraction of sp³-hybridized carbons (Fsp3) is 0.333. The number of aliphatic imine (C=N–C) groups is 1. The first kappa shape index (κ1) is 21.5. The van der Waals surface area contributed by atoms with Gasteiger partial charge in [0.2, 0.25) is 0 Å². The lowest BCUT2D eigenvalue weighted by Gasteiger charge is -2.23. The first-order valence-corrected chi connectivity index (χ1v) is 10.1. The van der Waals surface area contributed by atoms with Gasteiger partial charge in [-0.1, -0.05) is 45.7 Å². The van der Waals surface area contributed by atoms with Gasteiger partial charge in [-0.25, -0.2) is 4.99 Å². The van der Waals surface area contributed by atoms with Gasteiger partial charge in [0.15, 0.2) is 0 Å². The van der Waals surface area contributed by atoms with Crippen molar-refractivity contribution in [2.45, 2.75) is 27.3 Å². The molecule has 0 spiro atoms. The van der Waals surface area contributed by atoms with Gasteiger partial charge in [0.05, 0.1) is 17.0 Å². The Kier molecular flexibility index (Phi) is 7.87. The number of carbonyl (C=O) groups excluding carboxylic acids is 1. The van der Waals surface area contributed by atoms with E-state index in [9.17, 15) is 4.79 Å². The van der Waals surface area contributed by atoms with Gasteiger partial charge in [0.1, 0.15) is 0 Å². The molecule has 2 rings (SSSR count). The van der Waals surface area contributed by atoms with Crippen molar-refractivity contribution in [1.29, 1.82) is 0 Å². The van der Waals surface area contributed by atoms with Gasteiger partial charge in [0, 0.05) is 36.7 Å². The third kappa shape index (κ3) is 5.56. The van der Waals surface area contributed by atoms with E-state index in [1.165, 1.54) is 0 Å². The van der Waals surface area contributed by atoms with Crippen LogP contribution in [0.25, 0.3) is 0 Å². The molecule has 27 heavy (non-hydrogen) atoms. The van der Waals surface area contributed by atoms with Crippen molar-refractivity contribution >= 4 is 45.5 Å². The van der Waals surface area contributed by atoms with Crippen LogP contribution in [0.3, 0.4) is 0 Å². The molecule has 2 aromatic carbocycles. The molecule has 0 heterocycles. The summed E-state index contributed by atoms with van der Waals surface area (Å²) in [6.07, 6.45) is 1.74. The van der Waals surface area contributed by atoms with E-state index in [1.54, 1.807) is 12.4 Å². The Morgan fingerprint density at radius 1 is 1.22 bits per heavy atom. The van der Waals surface area contributed by atoms with E-state index < -0.39 is 0 Å². The van der Waals surface area contributed by atoms with Crippen molar-refractivity contribution in [2.75, 3.05) is 20.1 Å². The summed E-state index contributed by atoms with van der Waals surface area (Å²) in [6.45, 7) is 7.94. The number of benzene rings is 2. The predicted molar refractivity (Wildman–Crippen MR) is 117 cm³/mol. The number of rotatable bonds is 7. The third-order valence-corrected chi connectivity index (χ3v) is 5.48. The molecule has 0 atom stereocenters. The molecule has 0 aliphatic carbocycles. The minimum Gasteiger partial charge on any atom is -0.366 e. The minimum absolute atomic E-state index is 0.0335. The quantitative estimate of drug-likeness (QED) is 0.401. The van der Waals surface area contributed by atoms with Gasteiger partial charge >= 0.3 is 0 Å². The second-order valence-corrected chi connectivity index (χ2v) is 7.61. The zero-order chi connectivity index (χ0) is 20.0. The maximum Gasteiger partial charge on any atom is 0.254 e. The second-order valence-electron chi connectivity index (χ2n) is 6.35. The highest BCUT2D eigenvalue weighted by Crippen LogP contribution is 2.29. The van der Waals surface area contributed by atoms with Crippen molar-refractivity contribution in [2.24, 2.45) is 4.99 Å². The summed E-state index contributed by atoms with van der Waals surface area (Å²) in [7, 11) is 1.95. The minimum atomic E-state index is -0.0335. The Balaban J connectivity index is 2.27. The van der Waals surface area contributed by atoms with Crippen LogP contribution in [0.4, 0.5) is 5.69 Å². The topological polar surface area (TPSA) is 35.9 Å². The summed E-state index contributed by atoms with van der Waals surface area (Å²) < 4.78 is 0.996. The zero-order valence-electron chi connectivity index (χ0n) is 16.2. The number of hydrogen-bond acceptors (Lipinski definition) is 2. The first-order chi connectivity index (χ1) is 12.9. The highest BCUT2D eigenvalue weighted by molar-refractivity contribution is 9.10. The van der Waals surface area contributed by atoms with E-state index in [0.717, 1.165) is 22.1 Å². The van der Waals surface area contributed by atoms with E-state index in [1.807, 2.05) is 68.0 Å². The van der Waals surface area contributed by atoms with Crippen molar-refractivity contribution in [1.82, 2.24) is 9.80 Å². The van der Waals surface area contributed by atoms with Gasteiger partial charge in [-0.15, -0.1) is 0 Å². The average molecular weight is 451 g/mol. The third-order valence-electron chi connectivity index (χ3n) is 4.40. The molecule has 0 saturated heterocycles. The molecule has 0 unspecified atom stereocenters. The van der Waals surface area contributed by atoms with Crippen LogP contribution in [0.2, 0.25) is 5.02 Å². The average Bonchev–Trinajstić information content (AvgIpc) is 2.66. The summed E-state index contributed by atoms with van der Waals surface area (Å²) >= 11 is 9.95. The summed E-state index contributed by atoms with van der Waals surface area (Å²) in [5.74, 6) is -0.0335. The van der Waals surface area contributed by atoms with Gasteiger partial charge in [0.25, 0.3) is 5.91 Å². The highest BCUT2D eigenvalue weighted by atomic mass is 79.9. The lowest BCUT2D eigenvalue weighted by Crippen LogP contribution is -2.31. The zero-order valence-corrected chi connectivity index (χ0v) is 18.5. The smallest absolute Gasteiger partial charge is 0.254 e. The number of carbonyl (C=O) groups is 1. The fourth-order valence-corrected chi connectivity index (χ4v) is 3.19. The lowest BCUT2D eigenvalue weighted by atomic mass is 10.1. The molecule has 0 N–H and O–H groups in total. The van der Waals surface area contributed by atoms with Crippen molar-refractivity contribution < 1.29 is 4.79 Å². The molecule has 0 aliphatic heterocycles. The number of aryl methyl sites for hydroxylation is 1. The van der Waals surface area contributed by atoms with Gasteiger partial charge in [-0.05, 0) is 50.1 Å². The van der Waals surface area contributed by atoms with Crippen LogP contribution in [0.1, 0.15) is 35.3 Å². The maximum absolute atomic E-state index is 13.1. The number of hydrogen-bond donors (Lipinski definition) is 0. The molecule has 4 nitrogen and oxygen atoms in total. The second kappa shape index (κ2) is 9.90. The molecule has 0 fully saturated rings. The predicted octanol–water partition coefficient (Wildman–Crippen LogP) is 5.68. The Hall–Kier alpha value is -1.85. The maximum atomic E-state index is 13.1. The van der Waals surface area contributed by atoms with Crippen LogP contribution in [-0.4, -0.2) is 42.2 Å². The van der Waals surface area contributed by atoms with Crippen molar-refractivity contribution in [3.63, 3.8) is 0 Å². The highest BCUT2D eigenvalue weighted by Gasteiger charge is 2.19. The molecule has 0 bridgehead atoms. The molecule has 0 radical (unpaired) electrons. The van der Waals surface area contributed by atoms with Crippen molar-refractivity contribution in [3.8, 4) is 0 Å². The largest absolute Gasteiger partial charge is 0.366 e. The lowest BCUT2D eigenvalue weighted by molar-refractivity contribution is 0.0751. The molecule has 0 aliphatic rings. The summed E-state index contributed by atoms with van der Waals surface area (Å²) in [5.41, 5.74) is 3.21. The van der Waals surface area contributed by atoms with Crippen LogP contribution < -0.4 is 0 Å². The Morgan fingerprint density at radius 3 is 2.56 bits per heavy atom. The molecular formula is C21H25BrClN3O. The van der Waals surface area contributed by atoms with Crippen molar-refractivity contribution in [3.05, 3.63) is 62.6 Å². The molecule has 144 valence electrons. The van der Waals surface area contributed by atoms with E-state index in [4.69, 9.17) is 11.6 Å². The Morgan fingerprint density at radius 2 is 1.93 bits per heavy atom. The van der Waals surface area contributed by atoms with E-state index in [0.29, 0.717) is 29.4 Å². The summed E-state index contributed by atoms with van der Waals surface area (Å²) in [5, 5.41) is 0.474. The van der Waals surface area contributed by atoms with Crippen LogP contribution in [0, 0.1) is 6.92 Å². The molecule has 6 heteroatoms. The molecular weight excluding hydrogens is 426 g/mol. The number of amides is 1. The number of nitrogens with zero attached hydrogens (tertiary/aromatic N) is 3. The van der Waals surface area contributed by atoms with Crippen LogP contribution in [-0.2, 0) is 6.54 Å². The molecule has 2 aromatic rings. The molecule has 0 saturated carbocycles. The normalized spacial score (nSPS) is 11.0. The Labute approximate surface area is 175 Å². The monoisotopic (exact) mass is 449 g/mol. The van der Waals surface area contributed by atoms with Crippen LogP contribution in [0.15, 0.2) is 45.9 Å². The SMILES string of the molecule is CCN(C)C=Nc1cc(C)c(C(=O)N(CC)Cc2ccccc2Br)cc1Cl. The van der Waals surface area contributed by atoms with E-state index in [-0.39, 0.29) is 5.91 Å². The number of halogens is 2. The van der Waals surface area contributed by atoms with Crippen LogP contribution in [0.5, 0.6) is 0 Å². The fourth-order valence-electron chi connectivity index (χ4n) is 2.57. The van der Waals surface area contributed by atoms with Gasteiger partial charge < -0.3 is 9.80 Å². The summed E-state index contributed by atoms with van der Waals surface area (Å²) in [4.78, 5) is 21.3. The molecule has 1 amide bonds.